The third-order valence-corrected chi connectivity index (χ3v) is 4.81. The number of nitrogens with one attached hydrogen (secondary N) is 1. The Morgan fingerprint density at radius 2 is 1.88 bits per heavy atom. The molecule has 0 unspecified atom stereocenters. The predicted octanol–water partition coefficient (Wildman–Crippen LogP) is 2.88. The molecule has 0 radical (unpaired) electrons. The van der Waals surface area contributed by atoms with Crippen molar-refractivity contribution in [3.05, 3.63) is 36.0 Å². The topological polar surface area (TPSA) is 68.7 Å². The summed E-state index contributed by atoms with van der Waals surface area (Å²) in [4.78, 5) is 11.5. The quantitative estimate of drug-likeness (QED) is 0.903. The fourth-order valence-electron chi connectivity index (χ4n) is 3.44. The molecule has 2 fully saturated rings. The van der Waals surface area contributed by atoms with E-state index in [1.807, 2.05) is 37.3 Å². The average Bonchev–Trinajstić information content (AvgIpc) is 3.10. The molecule has 0 aliphatic carbocycles. The third-order valence-electron chi connectivity index (χ3n) is 4.81. The van der Waals surface area contributed by atoms with Crippen LogP contribution in [-0.2, 0) is 9.47 Å². The molecule has 2 aliphatic heterocycles. The van der Waals surface area contributed by atoms with Crippen LogP contribution in [0.5, 0.6) is 5.75 Å². The van der Waals surface area contributed by atoms with Gasteiger partial charge in [0, 0.05) is 49.4 Å². The van der Waals surface area contributed by atoms with Crippen LogP contribution in [0.4, 0.5) is 17.5 Å². The highest BCUT2D eigenvalue weighted by Crippen LogP contribution is 2.32. The first-order chi connectivity index (χ1) is 12.7. The molecule has 7 heteroatoms. The van der Waals surface area contributed by atoms with Crippen LogP contribution in [0.25, 0.3) is 0 Å². The zero-order valence-electron chi connectivity index (χ0n) is 15.2. The lowest BCUT2D eigenvalue weighted by atomic mass is 10.0. The molecule has 2 aromatic rings. The molecule has 0 amide bonds. The fraction of sp³-hybridized carbons (Fsp3) is 0.474. The SMILES string of the molecule is COc1cccc(Nc2cc(C)nc(N3CCC4(CC3)OCCO4)n2)c1. The number of ether oxygens (including phenoxy) is 3. The van der Waals surface area contributed by atoms with Crippen LogP contribution >= 0.6 is 0 Å². The molecule has 0 bridgehead atoms. The van der Waals surface area contributed by atoms with Gasteiger partial charge in [0.25, 0.3) is 0 Å². The van der Waals surface area contributed by atoms with E-state index in [9.17, 15) is 0 Å². The summed E-state index contributed by atoms with van der Waals surface area (Å²) in [5.41, 5.74) is 1.85. The number of hydrogen-bond donors (Lipinski definition) is 1. The Morgan fingerprint density at radius 1 is 1.12 bits per heavy atom. The second-order valence-electron chi connectivity index (χ2n) is 6.65. The molecule has 2 saturated heterocycles. The lowest BCUT2D eigenvalue weighted by Crippen LogP contribution is -2.45. The highest BCUT2D eigenvalue weighted by Gasteiger charge is 2.40. The predicted molar refractivity (Wildman–Crippen MR) is 99.1 cm³/mol. The maximum atomic E-state index is 5.80. The van der Waals surface area contributed by atoms with E-state index < -0.39 is 0 Å². The van der Waals surface area contributed by atoms with Crippen molar-refractivity contribution in [2.75, 3.05) is 43.6 Å². The molecule has 2 aliphatic rings. The summed E-state index contributed by atoms with van der Waals surface area (Å²) < 4.78 is 16.9. The van der Waals surface area contributed by atoms with Gasteiger partial charge in [-0.05, 0) is 19.1 Å². The summed E-state index contributed by atoms with van der Waals surface area (Å²) in [7, 11) is 1.66. The maximum absolute atomic E-state index is 5.80. The van der Waals surface area contributed by atoms with E-state index in [1.54, 1.807) is 7.11 Å². The smallest absolute Gasteiger partial charge is 0.227 e. The van der Waals surface area contributed by atoms with Gasteiger partial charge in [-0.15, -0.1) is 0 Å². The van der Waals surface area contributed by atoms with E-state index >= 15 is 0 Å². The van der Waals surface area contributed by atoms with E-state index in [4.69, 9.17) is 19.2 Å². The fourth-order valence-corrected chi connectivity index (χ4v) is 3.44. The first kappa shape index (κ1) is 17.1. The Hall–Kier alpha value is -2.38. The van der Waals surface area contributed by atoms with Crippen LogP contribution in [0.1, 0.15) is 18.5 Å². The van der Waals surface area contributed by atoms with Gasteiger partial charge in [-0.2, -0.15) is 4.98 Å². The first-order valence-corrected chi connectivity index (χ1v) is 8.95. The number of aromatic nitrogens is 2. The molecule has 0 atom stereocenters. The van der Waals surface area contributed by atoms with Crippen molar-refractivity contribution in [3.63, 3.8) is 0 Å². The minimum atomic E-state index is -0.387. The second kappa shape index (κ2) is 7.09. The Labute approximate surface area is 153 Å². The minimum absolute atomic E-state index is 0.387. The summed E-state index contributed by atoms with van der Waals surface area (Å²) in [6.45, 7) is 5.01. The van der Waals surface area contributed by atoms with Crippen LogP contribution in [0.15, 0.2) is 30.3 Å². The normalized spacial score (nSPS) is 18.9. The largest absolute Gasteiger partial charge is 0.497 e. The Bertz CT molecular complexity index is 767. The number of hydrogen-bond acceptors (Lipinski definition) is 7. The zero-order chi connectivity index (χ0) is 18.0. The number of anilines is 3. The van der Waals surface area contributed by atoms with Gasteiger partial charge in [0.1, 0.15) is 11.6 Å². The van der Waals surface area contributed by atoms with Gasteiger partial charge in [-0.25, -0.2) is 4.98 Å². The van der Waals surface area contributed by atoms with Gasteiger partial charge < -0.3 is 24.4 Å². The van der Waals surface area contributed by atoms with Crippen LogP contribution in [0.2, 0.25) is 0 Å². The molecular weight excluding hydrogens is 332 g/mol. The Kier molecular flexibility index (Phi) is 4.65. The summed E-state index contributed by atoms with van der Waals surface area (Å²) in [6.07, 6.45) is 1.67. The molecule has 4 rings (SSSR count). The van der Waals surface area contributed by atoms with Gasteiger partial charge in [-0.1, -0.05) is 6.07 Å². The molecular formula is C19H24N4O3. The lowest BCUT2D eigenvalue weighted by Gasteiger charge is -2.37. The summed E-state index contributed by atoms with van der Waals surface area (Å²) in [5.74, 6) is 1.93. The number of piperidine rings is 1. The van der Waals surface area contributed by atoms with Crippen LogP contribution < -0.4 is 15.0 Å². The van der Waals surface area contributed by atoms with Crippen LogP contribution in [0, 0.1) is 6.92 Å². The molecule has 3 heterocycles. The number of benzene rings is 1. The van der Waals surface area contributed by atoms with Gasteiger partial charge in [0.15, 0.2) is 5.79 Å². The molecule has 0 saturated carbocycles. The van der Waals surface area contributed by atoms with Crippen molar-refractivity contribution in [1.82, 2.24) is 9.97 Å². The summed E-state index contributed by atoms with van der Waals surface area (Å²) in [6, 6.07) is 9.73. The molecule has 1 aromatic carbocycles. The molecule has 138 valence electrons. The van der Waals surface area contributed by atoms with Gasteiger partial charge >= 0.3 is 0 Å². The lowest BCUT2D eigenvalue weighted by molar-refractivity contribution is -0.169. The maximum Gasteiger partial charge on any atom is 0.227 e. The molecule has 7 nitrogen and oxygen atoms in total. The monoisotopic (exact) mass is 356 g/mol. The highest BCUT2D eigenvalue weighted by atomic mass is 16.7. The number of methoxy groups -OCH3 is 1. The molecule has 26 heavy (non-hydrogen) atoms. The van der Waals surface area contributed by atoms with Crippen molar-refractivity contribution in [2.24, 2.45) is 0 Å². The number of aryl methyl sites for hydroxylation is 1. The summed E-state index contributed by atoms with van der Waals surface area (Å²) in [5, 5.41) is 3.34. The van der Waals surface area contributed by atoms with E-state index in [-0.39, 0.29) is 5.79 Å². The van der Waals surface area contributed by atoms with Gasteiger partial charge in [0.2, 0.25) is 5.95 Å². The third kappa shape index (κ3) is 3.59. The molecule has 1 spiro atoms. The molecule has 1 aromatic heterocycles. The number of rotatable bonds is 4. The zero-order valence-corrected chi connectivity index (χ0v) is 15.2. The Morgan fingerprint density at radius 3 is 2.62 bits per heavy atom. The van der Waals surface area contributed by atoms with E-state index in [1.165, 1.54) is 0 Å². The highest BCUT2D eigenvalue weighted by molar-refractivity contribution is 5.59. The van der Waals surface area contributed by atoms with Crippen molar-refractivity contribution >= 4 is 17.5 Å². The summed E-state index contributed by atoms with van der Waals surface area (Å²) >= 11 is 0. The minimum Gasteiger partial charge on any atom is -0.497 e. The molecule has 1 N–H and O–H groups in total. The average molecular weight is 356 g/mol. The van der Waals surface area contributed by atoms with Crippen molar-refractivity contribution in [1.29, 1.82) is 0 Å². The van der Waals surface area contributed by atoms with Gasteiger partial charge in [0.05, 0.1) is 20.3 Å². The van der Waals surface area contributed by atoms with Crippen molar-refractivity contribution < 1.29 is 14.2 Å². The van der Waals surface area contributed by atoms with Crippen molar-refractivity contribution in [3.8, 4) is 5.75 Å². The van der Waals surface area contributed by atoms with E-state index in [2.05, 4.69) is 15.2 Å². The number of nitrogens with zero attached hydrogens (tertiary/aromatic N) is 3. The van der Waals surface area contributed by atoms with Gasteiger partial charge in [-0.3, -0.25) is 0 Å². The Balaban J connectivity index is 1.49. The first-order valence-electron chi connectivity index (χ1n) is 8.95. The second-order valence-corrected chi connectivity index (χ2v) is 6.65. The van der Waals surface area contributed by atoms with Crippen molar-refractivity contribution in [2.45, 2.75) is 25.6 Å². The van der Waals surface area contributed by atoms with E-state index in [0.717, 1.165) is 54.8 Å². The van der Waals surface area contributed by atoms with E-state index in [0.29, 0.717) is 13.2 Å². The van der Waals surface area contributed by atoms with Crippen LogP contribution in [-0.4, -0.2) is 49.2 Å². The van der Waals surface area contributed by atoms with Crippen LogP contribution in [0.3, 0.4) is 0 Å². The standard InChI is InChI=1S/C19H24N4O3/c1-14-12-17(21-15-4-3-5-16(13-15)24-2)22-18(20-14)23-8-6-19(7-9-23)25-10-11-26-19/h3-5,12-13H,6-11H2,1-2H3,(H,20,21,22).